The van der Waals surface area contributed by atoms with Gasteiger partial charge in [0.1, 0.15) is 0 Å². The molecule has 4 nitrogen and oxygen atoms in total. The molecule has 0 aromatic heterocycles. The summed E-state index contributed by atoms with van der Waals surface area (Å²) in [4.78, 5) is 13.3. The normalized spacial score (nSPS) is 20.5. The molecule has 1 saturated heterocycles. The monoisotopic (exact) mass is 186 g/mol. The van der Waals surface area contributed by atoms with Gasteiger partial charge < -0.3 is 15.0 Å². The van der Waals surface area contributed by atoms with Crippen molar-refractivity contribution in [2.45, 2.75) is 19.4 Å². The largest absolute Gasteiger partial charge is 0.385 e. The van der Waals surface area contributed by atoms with Gasteiger partial charge in [-0.05, 0) is 13.3 Å². The van der Waals surface area contributed by atoms with Crippen molar-refractivity contribution in [3.05, 3.63) is 0 Å². The number of nitrogens with one attached hydrogen (secondary N) is 1. The zero-order valence-corrected chi connectivity index (χ0v) is 8.38. The first-order valence-electron chi connectivity index (χ1n) is 4.75. The molecule has 76 valence electrons. The molecule has 0 bridgehead atoms. The van der Waals surface area contributed by atoms with Gasteiger partial charge in [0, 0.05) is 32.8 Å². The SMILES string of the molecule is COCCC(C)N1CCNCC1=O. The second kappa shape index (κ2) is 5.19. The molecular weight excluding hydrogens is 168 g/mol. The van der Waals surface area contributed by atoms with Crippen molar-refractivity contribution in [2.75, 3.05) is 33.4 Å². The van der Waals surface area contributed by atoms with Crippen LogP contribution in [-0.2, 0) is 9.53 Å². The molecule has 0 aromatic rings. The van der Waals surface area contributed by atoms with Crippen molar-refractivity contribution in [1.82, 2.24) is 10.2 Å². The Balaban J connectivity index is 2.34. The molecule has 1 aliphatic rings. The molecule has 0 aromatic carbocycles. The van der Waals surface area contributed by atoms with Crippen molar-refractivity contribution in [2.24, 2.45) is 0 Å². The van der Waals surface area contributed by atoms with Gasteiger partial charge in [0.25, 0.3) is 0 Å². The maximum atomic E-state index is 11.4. The molecule has 1 rings (SSSR count). The fourth-order valence-electron chi connectivity index (χ4n) is 1.53. The number of methoxy groups -OCH3 is 1. The Hall–Kier alpha value is -0.610. The lowest BCUT2D eigenvalue weighted by Crippen LogP contribution is -2.51. The summed E-state index contributed by atoms with van der Waals surface area (Å²) < 4.78 is 4.98. The minimum atomic E-state index is 0.204. The summed E-state index contributed by atoms with van der Waals surface area (Å²) in [6.07, 6.45) is 0.919. The Morgan fingerprint density at radius 3 is 3.08 bits per heavy atom. The van der Waals surface area contributed by atoms with Crippen LogP contribution in [-0.4, -0.2) is 50.2 Å². The molecule has 0 radical (unpaired) electrons. The van der Waals surface area contributed by atoms with Gasteiger partial charge >= 0.3 is 0 Å². The van der Waals surface area contributed by atoms with Crippen LogP contribution in [0.3, 0.4) is 0 Å². The van der Waals surface area contributed by atoms with Crippen molar-refractivity contribution < 1.29 is 9.53 Å². The van der Waals surface area contributed by atoms with Crippen molar-refractivity contribution in [3.8, 4) is 0 Å². The van der Waals surface area contributed by atoms with Crippen LogP contribution in [0.25, 0.3) is 0 Å². The van der Waals surface area contributed by atoms with Crippen molar-refractivity contribution >= 4 is 5.91 Å². The molecule has 1 N–H and O–H groups in total. The average Bonchev–Trinajstić information content (AvgIpc) is 2.15. The third-order valence-corrected chi connectivity index (χ3v) is 2.40. The third-order valence-electron chi connectivity index (χ3n) is 2.40. The number of piperazine rings is 1. The van der Waals surface area contributed by atoms with Gasteiger partial charge in [-0.2, -0.15) is 0 Å². The van der Waals surface area contributed by atoms with Crippen LogP contribution in [0.15, 0.2) is 0 Å². The first-order valence-corrected chi connectivity index (χ1v) is 4.75. The second-order valence-electron chi connectivity index (χ2n) is 3.39. The van der Waals surface area contributed by atoms with E-state index in [2.05, 4.69) is 12.2 Å². The van der Waals surface area contributed by atoms with Crippen molar-refractivity contribution in [1.29, 1.82) is 0 Å². The minimum Gasteiger partial charge on any atom is -0.385 e. The van der Waals surface area contributed by atoms with E-state index in [4.69, 9.17) is 4.74 Å². The van der Waals surface area contributed by atoms with Crippen molar-refractivity contribution in [3.63, 3.8) is 0 Å². The summed E-state index contributed by atoms with van der Waals surface area (Å²) in [6.45, 7) is 5.00. The van der Waals surface area contributed by atoms with Crippen LogP contribution >= 0.6 is 0 Å². The topological polar surface area (TPSA) is 41.6 Å². The Morgan fingerprint density at radius 1 is 1.69 bits per heavy atom. The summed E-state index contributed by atoms with van der Waals surface area (Å²) in [5, 5.41) is 3.05. The Morgan fingerprint density at radius 2 is 2.46 bits per heavy atom. The molecule has 1 amide bonds. The molecule has 0 saturated carbocycles. The highest BCUT2D eigenvalue weighted by atomic mass is 16.5. The molecule has 1 atom stereocenters. The first kappa shape index (κ1) is 10.5. The van der Waals surface area contributed by atoms with Gasteiger partial charge in [-0.3, -0.25) is 4.79 Å². The van der Waals surface area contributed by atoms with Gasteiger partial charge in [0.15, 0.2) is 0 Å². The highest BCUT2D eigenvalue weighted by molar-refractivity contribution is 5.79. The highest BCUT2D eigenvalue weighted by Crippen LogP contribution is 2.05. The highest BCUT2D eigenvalue weighted by Gasteiger charge is 2.21. The minimum absolute atomic E-state index is 0.204. The van der Waals surface area contributed by atoms with E-state index in [1.165, 1.54) is 0 Å². The number of carbonyl (C=O) groups excluding carboxylic acids is 1. The van der Waals surface area contributed by atoms with E-state index in [1.807, 2.05) is 4.90 Å². The van der Waals surface area contributed by atoms with Gasteiger partial charge in [0.05, 0.1) is 6.54 Å². The molecule has 0 aliphatic carbocycles. The van der Waals surface area contributed by atoms with Gasteiger partial charge in [-0.1, -0.05) is 0 Å². The Bertz CT molecular complexity index is 173. The summed E-state index contributed by atoms with van der Waals surface area (Å²) in [6, 6.07) is 0.301. The van der Waals surface area contributed by atoms with E-state index >= 15 is 0 Å². The quantitative estimate of drug-likeness (QED) is 0.663. The van der Waals surface area contributed by atoms with E-state index in [1.54, 1.807) is 7.11 Å². The average molecular weight is 186 g/mol. The Labute approximate surface area is 79.2 Å². The zero-order chi connectivity index (χ0) is 9.68. The van der Waals surface area contributed by atoms with E-state index in [9.17, 15) is 4.79 Å². The van der Waals surface area contributed by atoms with Gasteiger partial charge in [-0.15, -0.1) is 0 Å². The summed E-state index contributed by atoms with van der Waals surface area (Å²) in [7, 11) is 1.69. The van der Waals surface area contributed by atoms with Gasteiger partial charge in [0.2, 0.25) is 5.91 Å². The fourth-order valence-corrected chi connectivity index (χ4v) is 1.53. The first-order chi connectivity index (χ1) is 6.25. The Kier molecular flexibility index (Phi) is 4.18. The van der Waals surface area contributed by atoms with Gasteiger partial charge in [-0.25, -0.2) is 0 Å². The third kappa shape index (κ3) is 2.97. The maximum Gasteiger partial charge on any atom is 0.236 e. The molecule has 1 unspecified atom stereocenters. The zero-order valence-electron chi connectivity index (χ0n) is 8.38. The van der Waals surface area contributed by atoms with E-state index in [0.29, 0.717) is 12.6 Å². The molecule has 1 fully saturated rings. The van der Waals surface area contributed by atoms with E-state index < -0.39 is 0 Å². The van der Waals surface area contributed by atoms with Crippen LogP contribution in [0.1, 0.15) is 13.3 Å². The lowest BCUT2D eigenvalue weighted by atomic mass is 10.2. The molecule has 0 spiro atoms. The molecular formula is C9H18N2O2. The molecule has 4 heteroatoms. The van der Waals surface area contributed by atoms with Crippen LogP contribution in [0.5, 0.6) is 0 Å². The standard InChI is InChI=1S/C9H18N2O2/c1-8(3-6-13-2)11-5-4-10-7-9(11)12/h8,10H,3-7H2,1-2H3. The fraction of sp³-hybridized carbons (Fsp3) is 0.889. The number of rotatable bonds is 4. The lowest BCUT2D eigenvalue weighted by Gasteiger charge is -2.32. The summed E-state index contributed by atoms with van der Waals surface area (Å²) >= 11 is 0. The summed E-state index contributed by atoms with van der Waals surface area (Å²) in [5.74, 6) is 0.204. The maximum absolute atomic E-state index is 11.4. The lowest BCUT2D eigenvalue weighted by molar-refractivity contribution is -0.134. The van der Waals surface area contributed by atoms with E-state index in [-0.39, 0.29) is 5.91 Å². The molecule has 13 heavy (non-hydrogen) atoms. The molecule has 1 aliphatic heterocycles. The number of nitrogens with zero attached hydrogens (tertiary/aromatic N) is 1. The second-order valence-corrected chi connectivity index (χ2v) is 3.39. The smallest absolute Gasteiger partial charge is 0.236 e. The van der Waals surface area contributed by atoms with E-state index in [0.717, 1.165) is 26.1 Å². The number of hydrogen-bond acceptors (Lipinski definition) is 3. The predicted octanol–water partition coefficient (Wildman–Crippen LogP) is -0.157. The van der Waals surface area contributed by atoms with Crippen LogP contribution in [0.4, 0.5) is 0 Å². The molecule has 1 heterocycles. The summed E-state index contributed by atoms with van der Waals surface area (Å²) in [5.41, 5.74) is 0. The number of ether oxygens (including phenoxy) is 1. The van der Waals surface area contributed by atoms with Crippen LogP contribution in [0.2, 0.25) is 0 Å². The number of carbonyl (C=O) groups is 1. The number of amides is 1. The number of hydrogen-bond donors (Lipinski definition) is 1. The predicted molar refractivity (Wildman–Crippen MR) is 50.5 cm³/mol. The van der Waals surface area contributed by atoms with Crippen LogP contribution < -0.4 is 5.32 Å². The van der Waals surface area contributed by atoms with Crippen LogP contribution in [0, 0.1) is 0 Å².